The number of benzene rings is 2. The number of aliphatic hydroxyl groups is 2. The monoisotopic (exact) mass is 548 g/mol. The molecule has 0 saturated heterocycles. The number of hydrogen-bond donors (Lipinski definition) is 4. The summed E-state index contributed by atoms with van der Waals surface area (Å²) in [7, 11) is 0. The fourth-order valence-electron chi connectivity index (χ4n) is 7.03. The Balaban J connectivity index is 1.37. The predicted octanol–water partition coefficient (Wildman–Crippen LogP) is 4.07. The van der Waals surface area contributed by atoms with E-state index in [9.17, 15) is 29.7 Å². The average Bonchev–Trinajstić information content (AvgIpc) is 2.88. The number of phenolic OH excluding ortho intramolecular Hbond substituents is 1. The van der Waals surface area contributed by atoms with E-state index in [1.807, 2.05) is 12.1 Å². The first-order valence-corrected chi connectivity index (χ1v) is 13.5. The van der Waals surface area contributed by atoms with Gasteiger partial charge >= 0.3 is 0 Å². The van der Waals surface area contributed by atoms with E-state index in [4.69, 9.17) is 17.3 Å². The van der Waals surface area contributed by atoms with Crippen LogP contribution in [0.25, 0.3) is 0 Å². The van der Waals surface area contributed by atoms with Crippen LogP contribution in [-0.2, 0) is 35.5 Å². The van der Waals surface area contributed by atoms with Gasteiger partial charge in [0.25, 0.3) is 5.91 Å². The van der Waals surface area contributed by atoms with Gasteiger partial charge in [-0.15, -0.1) is 0 Å². The Morgan fingerprint density at radius 1 is 1.15 bits per heavy atom. The number of ketones is 2. The molecule has 2 aromatic rings. The third kappa shape index (κ3) is 3.72. The van der Waals surface area contributed by atoms with Gasteiger partial charge in [-0.3, -0.25) is 19.3 Å². The molecule has 3 atom stereocenters. The molecule has 5 N–H and O–H groups in total. The van der Waals surface area contributed by atoms with Crippen LogP contribution >= 0.6 is 11.6 Å². The van der Waals surface area contributed by atoms with Gasteiger partial charge < -0.3 is 21.1 Å². The van der Waals surface area contributed by atoms with Crippen molar-refractivity contribution >= 4 is 29.1 Å². The highest BCUT2D eigenvalue weighted by Crippen LogP contribution is 2.56. The summed E-state index contributed by atoms with van der Waals surface area (Å²) in [6.45, 7) is 3.57. The molecule has 0 spiro atoms. The summed E-state index contributed by atoms with van der Waals surface area (Å²) in [6, 6.07) is 9.82. The van der Waals surface area contributed by atoms with Crippen LogP contribution in [-0.4, -0.2) is 44.2 Å². The van der Waals surface area contributed by atoms with Crippen molar-refractivity contribution in [1.29, 1.82) is 0 Å². The molecule has 8 nitrogen and oxygen atoms in total. The molecule has 202 valence electrons. The molecule has 3 aliphatic carbocycles. The summed E-state index contributed by atoms with van der Waals surface area (Å²) >= 11 is 6.89. The average molecular weight is 549 g/mol. The van der Waals surface area contributed by atoms with Crippen LogP contribution in [0.15, 0.2) is 53.0 Å². The molecule has 9 heteroatoms. The molecule has 2 aromatic carbocycles. The number of nitrogens with two attached hydrogens (primary N) is 1. The highest BCUT2D eigenvalue weighted by atomic mass is 35.5. The normalized spacial score (nSPS) is 26.6. The van der Waals surface area contributed by atoms with Crippen LogP contribution in [0.1, 0.15) is 52.4 Å². The van der Waals surface area contributed by atoms with Gasteiger partial charge in [-0.25, -0.2) is 0 Å². The first-order valence-electron chi connectivity index (χ1n) is 13.1. The largest absolute Gasteiger partial charge is 0.511 e. The lowest BCUT2D eigenvalue weighted by molar-refractivity contribution is -0.131. The summed E-state index contributed by atoms with van der Waals surface area (Å²) in [4.78, 5) is 41.2. The van der Waals surface area contributed by atoms with Crippen LogP contribution in [0, 0.1) is 17.3 Å². The number of Topliss-reactive ketones (excluding diaryl/α,β-unsaturated/α-hetero) is 2. The van der Waals surface area contributed by atoms with Crippen molar-refractivity contribution in [3.05, 3.63) is 85.8 Å². The molecular weight excluding hydrogens is 520 g/mol. The van der Waals surface area contributed by atoms with E-state index < -0.39 is 51.8 Å². The number of nitrogens with zero attached hydrogens (tertiary/aromatic N) is 1. The van der Waals surface area contributed by atoms with Crippen molar-refractivity contribution in [3.63, 3.8) is 0 Å². The van der Waals surface area contributed by atoms with Gasteiger partial charge in [0.2, 0.25) is 0 Å². The van der Waals surface area contributed by atoms with Crippen LogP contribution in [0.3, 0.4) is 0 Å². The van der Waals surface area contributed by atoms with Gasteiger partial charge in [0.05, 0.1) is 11.0 Å². The zero-order chi connectivity index (χ0) is 27.8. The third-order valence-electron chi connectivity index (χ3n) is 9.16. The summed E-state index contributed by atoms with van der Waals surface area (Å²) in [5.74, 6) is -4.50. The SMILES string of the molecule is C[C@@]12C(=O)C(C(N)=O)=C(O)C[C@@H]1CC1Cc3c(Cl)c(CN4CCc5ccccc5C4)cc(O)c3C(=O)C1=C2O. The summed E-state index contributed by atoms with van der Waals surface area (Å²) in [6.07, 6.45) is 1.49. The van der Waals surface area contributed by atoms with Crippen molar-refractivity contribution in [2.24, 2.45) is 23.0 Å². The summed E-state index contributed by atoms with van der Waals surface area (Å²) in [5.41, 5.74) is 7.13. The first-order chi connectivity index (χ1) is 18.5. The predicted molar refractivity (Wildman–Crippen MR) is 143 cm³/mol. The second kappa shape index (κ2) is 8.96. The molecule has 0 saturated carbocycles. The fourth-order valence-corrected chi connectivity index (χ4v) is 7.32. The molecule has 6 rings (SSSR count). The Labute approximate surface area is 230 Å². The molecule has 1 heterocycles. The maximum absolute atomic E-state index is 13.8. The van der Waals surface area contributed by atoms with Gasteiger partial charge in [0.1, 0.15) is 22.8 Å². The Kier molecular flexibility index (Phi) is 5.89. The van der Waals surface area contributed by atoms with E-state index >= 15 is 0 Å². The molecule has 0 fully saturated rings. The Hall–Kier alpha value is -3.62. The van der Waals surface area contributed by atoms with Gasteiger partial charge in [-0.2, -0.15) is 0 Å². The van der Waals surface area contributed by atoms with E-state index in [1.54, 1.807) is 0 Å². The number of allylic oxidation sites excluding steroid dienone is 3. The zero-order valence-corrected chi connectivity index (χ0v) is 22.2. The summed E-state index contributed by atoms with van der Waals surface area (Å²) in [5, 5.41) is 33.2. The Morgan fingerprint density at radius 2 is 1.87 bits per heavy atom. The van der Waals surface area contributed by atoms with Crippen molar-refractivity contribution in [2.45, 2.75) is 45.7 Å². The number of aromatic hydroxyl groups is 1. The van der Waals surface area contributed by atoms with Crippen molar-refractivity contribution < 1.29 is 29.7 Å². The topological polar surface area (TPSA) is 141 Å². The Morgan fingerprint density at radius 3 is 2.59 bits per heavy atom. The van der Waals surface area contributed by atoms with E-state index in [2.05, 4.69) is 17.0 Å². The van der Waals surface area contributed by atoms with Gasteiger partial charge in [0.15, 0.2) is 11.6 Å². The van der Waals surface area contributed by atoms with E-state index in [-0.39, 0.29) is 29.7 Å². The zero-order valence-electron chi connectivity index (χ0n) is 21.5. The molecule has 0 bridgehead atoms. The molecule has 39 heavy (non-hydrogen) atoms. The van der Waals surface area contributed by atoms with E-state index in [0.717, 1.165) is 25.1 Å². The van der Waals surface area contributed by atoms with E-state index in [0.29, 0.717) is 23.6 Å². The number of carbonyl (C=O) groups excluding carboxylic acids is 3. The van der Waals surface area contributed by atoms with Gasteiger partial charge in [0, 0.05) is 36.7 Å². The number of rotatable bonds is 3. The van der Waals surface area contributed by atoms with Crippen molar-refractivity contribution in [2.75, 3.05) is 6.54 Å². The maximum Gasteiger partial charge on any atom is 0.255 e. The standard InChI is InChI=1S/C30H29ClN2O6/c1-30-18(11-21(35)24(28(30)38)29(32)39)8-16-9-19-23(26(36)22(16)27(30)37)20(34)10-17(25(19)31)13-33-7-6-14-4-2-3-5-15(14)12-33/h2-5,10,16,18,34-35,37H,6-9,11-13H2,1H3,(H2,32,39)/t16?,18-,30+/m0/s1. The maximum atomic E-state index is 13.8. The number of aliphatic hydroxyl groups excluding tert-OH is 2. The Bertz CT molecular complexity index is 1540. The lowest BCUT2D eigenvalue weighted by atomic mass is 9.55. The van der Waals surface area contributed by atoms with Crippen LogP contribution in [0.4, 0.5) is 0 Å². The lowest BCUT2D eigenvalue weighted by Gasteiger charge is -2.47. The smallest absolute Gasteiger partial charge is 0.255 e. The number of primary amides is 1. The summed E-state index contributed by atoms with van der Waals surface area (Å²) < 4.78 is 0. The van der Waals surface area contributed by atoms with Crippen LogP contribution in [0.2, 0.25) is 5.02 Å². The first kappa shape index (κ1) is 25.6. The molecular formula is C30H29ClN2O6. The number of amides is 1. The van der Waals surface area contributed by atoms with Crippen molar-refractivity contribution in [1.82, 2.24) is 4.90 Å². The number of halogens is 1. The number of hydrogen-bond acceptors (Lipinski definition) is 7. The molecule has 0 radical (unpaired) electrons. The molecule has 1 amide bonds. The number of fused-ring (bicyclic) bond motifs is 4. The van der Waals surface area contributed by atoms with Gasteiger partial charge in [-0.1, -0.05) is 35.9 Å². The molecule has 4 aliphatic rings. The minimum atomic E-state index is -1.58. The molecule has 1 aliphatic heterocycles. The van der Waals surface area contributed by atoms with Crippen molar-refractivity contribution in [3.8, 4) is 5.75 Å². The molecule has 1 unspecified atom stereocenters. The van der Waals surface area contributed by atoms with Crippen LogP contribution < -0.4 is 5.73 Å². The van der Waals surface area contributed by atoms with E-state index in [1.165, 1.54) is 24.1 Å². The highest BCUT2D eigenvalue weighted by Gasteiger charge is 2.57. The fraction of sp³-hybridized carbons (Fsp3) is 0.367. The number of phenols is 1. The quantitative estimate of drug-likeness (QED) is 0.424. The minimum Gasteiger partial charge on any atom is -0.511 e. The second-order valence-corrected chi connectivity index (χ2v) is 11.7. The second-order valence-electron chi connectivity index (χ2n) is 11.3. The highest BCUT2D eigenvalue weighted by molar-refractivity contribution is 6.33. The minimum absolute atomic E-state index is 0.0230. The third-order valence-corrected chi connectivity index (χ3v) is 9.63. The number of carbonyl (C=O) groups is 3. The molecule has 0 aromatic heterocycles. The van der Waals surface area contributed by atoms with Crippen LogP contribution in [0.5, 0.6) is 5.75 Å². The van der Waals surface area contributed by atoms with Gasteiger partial charge in [-0.05, 0) is 66.3 Å². The lowest BCUT2D eigenvalue weighted by Crippen LogP contribution is -2.50.